The lowest BCUT2D eigenvalue weighted by atomic mass is 9.91. The molecule has 1 aliphatic rings. The molecule has 2 aromatic heterocycles. The monoisotopic (exact) mass is 620 g/mol. The summed E-state index contributed by atoms with van der Waals surface area (Å²) in [4.78, 5) is 34.2. The van der Waals surface area contributed by atoms with Crippen LogP contribution in [-0.4, -0.2) is 51.2 Å². The summed E-state index contributed by atoms with van der Waals surface area (Å²) in [5.41, 5.74) is 2.39. The lowest BCUT2D eigenvalue weighted by molar-refractivity contribution is 0.0488. The molecule has 238 valence electrons. The van der Waals surface area contributed by atoms with Crippen LogP contribution in [-0.2, 0) is 11.2 Å². The van der Waals surface area contributed by atoms with Crippen LogP contribution in [0.4, 0.5) is 25.1 Å². The minimum absolute atomic E-state index is 0.0112. The van der Waals surface area contributed by atoms with Gasteiger partial charge in [0.15, 0.2) is 23.0 Å². The SMILES string of the molecule is CCc1cc(Nc2nccn3c(-c4ccc(OC)c(F)c4F)cnc23)ccc1C(=O)NC1CCC(NC(=O)OC(C)(C)C)CC1. The first kappa shape index (κ1) is 31.7. The molecule has 45 heavy (non-hydrogen) atoms. The summed E-state index contributed by atoms with van der Waals surface area (Å²) in [7, 11) is 1.28. The van der Waals surface area contributed by atoms with Gasteiger partial charge in [0, 0.05) is 41.3 Å². The van der Waals surface area contributed by atoms with E-state index in [-0.39, 0.29) is 29.3 Å². The molecule has 0 bridgehead atoms. The highest BCUT2D eigenvalue weighted by atomic mass is 19.2. The zero-order chi connectivity index (χ0) is 32.3. The third-order valence-corrected chi connectivity index (χ3v) is 7.75. The molecule has 1 fully saturated rings. The van der Waals surface area contributed by atoms with Gasteiger partial charge in [0.2, 0.25) is 5.82 Å². The smallest absolute Gasteiger partial charge is 0.407 e. The number of fused-ring (bicyclic) bond motifs is 1. The fraction of sp³-hybridized carbons (Fsp3) is 0.394. The van der Waals surface area contributed by atoms with Crippen molar-refractivity contribution in [2.45, 2.75) is 77.5 Å². The molecule has 2 heterocycles. The van der Waals surface area contributed by atoms with Crippen molar-refractivity contribution in [1.29, 1.82) is 0 Å². The topological polar surface area (TPSA) is 119 Å². The molecule has 0 spiro atoms. The van der Waals surface area contributed by atoms with Crippen LogP contribution in [0.3, 0.4) is 0 Å². The molecule has 0 aliphatic heterocycles. The maximum atomic E-state index is 14.9. The molecule has 2 aromatic carbocycles. The second kappa shape index (κ2) is 13.1. The number of imidazole rings is 1. The van der Waals surface area contributed by atoms with Gasteiger partial charge in [0.1, 0.15) is 5.60 Å². The number of carbonyl (C=O) groups excluding carboxylic acids is 2. The van der Waals surface area contributed by atoms with Crippen molar-refractivity contribution < 1.29 is 27.8 Å². The number of halogens is 2. The number of hydrogen-bond donors (Lipinski definition) is 3. The molecule has 2 amide bonds. The average molecular weight is 621 g/mol. The number of nitrogens with zero attached hydrogens (tertiary/aromatic N) is 3. The molecule has 1 saturated carbocycles. The van der Waals surface area contributed by atoms with Crippen LogP contribution >= 0.6 is 0 Å². The van der Waals surface area contributed by atoms with Crippen molar-refractivity contribution in [3.63, 3.8) is 0 Å². The van der Waals surface area contributed by atoms with E-state index in [9.17, 15) is 18.4 Å². The van der Waals surface area contributed by atoms with Gasteiger partial charge >= 0.3 is 6.09 Å². The van der Waals surface area contributed by atoms with Crippen LogP contribution in [0.5, 0.6) is 5.75 Å². The molecule has 12 heteroatoms. The molecule has 5 rings (SSSR count). The van der Waals surface area contributed by atoms with Crippen LogP contribution in [0.2, 0.25) is 0 Å². The van der Waals surface area contributed by atoms with Gasteiger partial charge in [0.25, 0.3) is 5.91 Å². The van der Waals surface area contributed by atoms with Crippen molar-refractivity contribution in [3.8, 4) is 17.0 Å². The second-order valence-corrected chi connectivity index (χ2v) is 12.1. The van der Waals surface area contributed by atoms with E-state index < -0.39 is 23.3 Å². The van der Waals surface area contributed by atoms with Gasteiger partial charge in [-0.3, -0.25) is 9.20 Å². The van der Waals surface area contributed by atoms with Gasteiger partial charge in [-0.05, 0) is 88.8 Å². The van der Waals surface area contributed by atoms with Gasteiger partial charge in [-0.25, -0.2) is 19.2 Å². The van der Waals surface area contributed by atoms with Crippen LogP contribution in [0.15, 0.2) is 48.9 Å². The summed E-state index contributed by atoms with van der Waals surface area (Å²) >= 11 is 0. The third kappa shape index (κ3) is 7.16. The number of anilines is 2. The minimum atomic E-state index is -1.07. The zero-order valence-corrected chi connectivity index (χ0v) is 26.0. The Morgan fingerprint density at radius 1 is 1.00 bits per heavy atom. The predicted octanol–water partition coefficient (Wildman–Crippen LogP) is 6.55. The van der Waals surface area contributed by atoms with Gasteiger partial charge in [0.05, 0.1) is 19.0 Å². The number of methoxy groups -OCH3 is 1. The standard InChI is InChI=1S/C33H38F2N6O4/c1-6-19-17-22(11-12-23(19)31(42)39-20-7-9-21(10-8-20)40-32(43)45-33(2,3)4)38-29-30-37-18-25(41(30)16-15-36-29)24-13-14-26(44-5)28(35)27(24)34/h11-18,20-21H,6-10H2,1-5H3,(H,36,38)(H,39,42)(H,40,43). The third-order valence-electron chi connectivity index (χ3n) is 7.75. The fourth-order valence-corrected chi connectivity index (χ4v) is 5.54. The van der Waals surface area contributed by atoms with Crippen LogP contribution in [0.1, 0.15) is 69.3 Å². The largest absolute Gasteiger partial charge is 0.494 e. The van der Waals surface area contributed by atoms with E-state index in [2.05, 4.69) is 25.9 Å². The second-order valence-electron chi connectivity index (χ2n) is 12.1. The number of nitrogens with one attached hydrogen (secondary N) is 3. The first-order valence-electron chi connectivity index (χ1n) is 15.0. The number of alkyl carbamates (subject to hydrolysis) is 1. The van der Waals surface area contributed by atoms with Crippen LogP contribution < -0.4 is 20.7 Å². The van der Waals surface area contributed by atoms with E-state index in [0.29, 0.717) is 34.8 Å². The van der Waals surface area contributed by atoms with Gasteiger partial charge < -0.3 is 25.4 Å². The first-order chi connectivity index (χ1) is 21.5. The van der Waals surface area contributed by atoms with E-state index in [1.807, 2.05) is 33.8 Å². The summed E-state index contributed by atoms with van der Waals surface area (Å²) in [6.45, 7) is 7.47. The van der Waals surface area contributed by atoms with Crippen molar-refractivity contribution in [2.75, 3.05) is 12.4 Å². The number of aromatic nitrogens is 3. The Morgan fingerprint density at radius 3 is 2.38 bits per heavy atom. The zero-order valence-electron chi connectivity index (χ0n) is 26.0. The van der Waals surface area contributed by atoms with Crippen LogP contribution in [0, 0.1) is 11.6 Å². The summed E-state index contributed by atoms with van der Waals surface area (Å²) in [5, 5.41) is 9.34. The highest BCUT2D eigenvalue weighted by Crippen LogP contribution is 2.32. The van der Waals surface area contributed by atoms with E-state index in [0.717, 1.165) is 31.2 Å². The molecular weight excluding hydrogens is 582 g/mol. The highest BCUT2D eigenvalue weighted by Gasteiger charge is 2.26. The first-order valence-corrected chi connectivity index (χ1v) is 15.0. The number of ether oxygens (including phenoxy) is 2. The van der Waals surface area contributed by atoms with Gasteiger partial charge in [-0.15, -0.1) is 0 Å². The normalized spacial score (nSPS) is 16.7. The van der Waals surface area contributed by atoms with E-state index in [1.54, 1.807) is 28.9 Å². The van der Waals surface area contributed by atoms with Gasteiger partial charge in [-0.2, -0.15) is 4.39 Å². The Labute approximate surface area is 260 Å². The Morgan fingerprint density at radius 2 is 1.71 bits per heavy atom. The Balaban J connectivity index is 1.26. The van der Waals surface area contributed by atoms with Gasteiger partial charge in [-0.1, -0.05) is 6.92 Å². The lowest BCUT2D eigenvalue weighted by Gasteiger charge is -2.30. The Kier molecular flexibility index (Phi) is 9.21. The maximum absolute atomic E-state index is 14.9. The molecule has 0 unspecified atom stereocenters. The molecule has 10 nitrogen and oxygen atoms in total. The number of hydrogen-bond acceptors (Lipinski definition) is 7. The lowest BCUT2D eigenvalue weighted by Crippen LogP contribution is -2.45. The molecule has 0 saturated heterocycles. The summed E-state index contributed by atoms with van der Waals surface area (Å²) in [6.07, 6.45) is 7.83. The minimum Gasteiger partial charge on any atom is -0.494 e. The number of aryl methyl sites for hydroxylation is 1. The summed E-state index contributed by atoms with van der Waals surface area (Å²) in [5.74, 6) is -2.02. The number of carbonyl (C=O) groups is 2. The van der Waals surface area contributed by atoms with E-state index in [4.69, 9.17) is 9.47 Å². The molecule has 0 atom stereocenters. The Hall–Kier alpha value is -4.74. The van der Waals surface area contributed by atoms with Crippen molar-refractivity contribution in [3.05, 3.63) is 71.7 Å². The van der Waals surface area contributed by atoms with E-state index >= 15 is 0 Å². The molecule has 0 radical (unpaired) electrons. The average Bonchev–Trinajstić information content (AvgIpc) is 3.43. The Bertz CT molecular complexity index is 1710. The summed E-state index contributed by atoms with van der Waals surface area (Å²) in [6, 6.07) is 8.30. The fourth-order valence-electron chi connectivity index (χ4n) is 5.54. The van der Waals surface area contributed by atoms with Crippen molar-refractivity contribution >= 4 is 29.2 Å². The van der Waals surface area contributed by atoms with Crippen molar-refractivity contribution in [1.82, 2.24) is 25.0 Å². The highest BCUT2D eigenvalue weighted by molar-refractivity contribution is 5.96. The van der Waals surface area contributed by atoms with Crippen LogP contribution in [0.25, 0.3) is 16.9 Å². The number of benzene rings is 2. The van der Waals surface area contributed by atoms with Crippen molar-refractivity contribution in [2.24, 2.45) is 0 Å². The predicted molar refractivity (Wildman–Crippen MR) is 167 cm³/mol. The molecular formula is C33H38F2N6O4. The molecule has 3 N–H and O–H groups in total. The number of amides is 2. The molecule has 4 aromatic rings. The maximum Gasteiger partial charge on any atom is 0.407 e. The quantitative estimate of drug-likeness (QED) is 0.204. The number of rotatable bonds is 8. The van der Waals surface area contributed by atoms with E-state index in [1.165, 1.54) is 25.4 Å². The summed E-state index contributed by atoms with van der Waals surface area (Å²) < 4.78 is 41.1. The molecule has 1 aliphatic carbocycles.